The summed E-state index contributed by atoms with van der Waals surface area (Å²) >= 11 is 0. The van der Waals surface area contributed by atoms with Gasteiger partial charge >= 0.3 is 0 Å². The van der Waals surface area contributed by atoms with Crippen LogP contribution in [-0.4, -0.2) is 10.2 Å². The van der Waals surface area contributed by atoms with Crippen molar-refractivity contribution >= 4 is 0 Å². The van der Waals surface area contributed by atoms with E-state index in [1.165, 1.54) is 43.2 Å². The van der Waals surface area contributed by atoms with Gasteiger partial charge in [-0.3, -0.25) is 0 Å². The third-order valence-corrected chi connectivity index (χ3v) is 5.36. The average Bonchev–Trinajstić information content (AvgIpc) is 2.28. The first kappa shape index (κ1) is 11.2. The van der Waals surface area contributed by atoms with Crippen molar-refractivity contribution in [3.05, 3.63) is 23.5 Å². The summed E-state index contributed by atoms with van der Waals surface area (Å²) in [6, 6.07) is 0. The fourth-order valence-corrected chi connectivity index (χ4v) is 4.51. The smallest absolute Gasteiger partial charge is 0.0536 e. The highest BCUT2D eigenvalue weighted by atomic mass is 15.1. The van der Waals surface area contributed by atoms with E-state index in [0.29, 0.717) is 10.8 Å². The van der Waals surface area contributed by atoms with E-state index in [4.69, 9.17) is 0 Å². The fraction of sp³-hybridized carbons (Fsp3) is 0.733. The summed E-state index contributed by atoms with van der Waals surface area (Å²) in [5, 5.41) is 8.19. The van der Waals surface area contributed by atoms with Crippen LogP contribution < -0.4 is 0 Å². The Morgan fingerprint density at radius 1 is 1.12 bits per heavy atom. The molecule has 0 radical (unpaired) electrons. The van der Waals surface area contributed by atoms with E-state index in [1.54, 1.807) is 0 Å². The highest BCUT2D eigenvalue weighted by Gasteiger charge is 2.49. The van der Waals surface area contributed by atoms with Crippen LogP contribution in [0.1, 0.15) is 57.6 Å². The first-order chi connectivity index (χ1) is 8.04. The van der Waals surface area contributed by atoms with E-state index < -0.39 is 0 Å². The molecule has 0 aromatic carbocycles. The standard InChI is InChI=1S/C15H22N2/c1-14(2)7-4-8-15(3)12-10-17-16-9-11(12)5-6-13(14)15/h9-10,13H,4-8H2,1-3H3. The fourth-order valence-electron chi connectivity index (χ4n) is 4.51. The molecule has 2 aliphatic rings. The van der Waals surface area contributed by atoms with Crippen molar-refractivity contribution in [3.63, 3.8) is 0 Å². The maximum Gasteiger partial charge on any atom is 0.0536 e. The van der Waals surface area contributed by atoms with Gasteiger partial charge in [-0.15, -0.1) is 0 Å². The number of hydrogen-bond donors (Lipinski definition) is 0. The van der Waals surface area contributed by atoms with Gasteiger partial charge < -0.3 is 0 Å². The SMILES string of the molecule is CC1(C)CCCC2(C)c3cnncc3CCC12. The molecule has 0 bridgehead atoms. The van der Waals surface area contributed by atoms with Crippen LogP contribution in [0.25, 0.3) is 0 Å². The van der Waals surface area contributed by atoms with Crippen LogP contribution in [0.5, 0.6) is 0 Å². The van der Waals surface area contributed by atoms with E-state index in [1.807, 2.05) is 12.4 Å². The van der Waals surface area contributed by atoms with Crippen LogP contribution in [0.2, 0.25) is 0 Å². The Labute approximate surface area is 104 Å². The van der Waals surface area contributed by atoms with Crippen molar-refractivity contribution in [2.45, 2.75) is 58.3 Å². The van der Waals surface area contributed by atoms with Gasteiger partial charge in [0.2, 0.25) is 0 Å². The monoisotopic (exact) mass is 230 g/mol. The molecule has 2 nitrogen and oxygen atoms in total. The molecule has 0 N–H and O–H groups in total. The molecule has 2 aliphatic carbocycles. The number of nitrogens with zero attached hydrogens (tertiary/aromatic N) is 2. The first-order valence-electron chi connectivity index (χ1n) is 6.84. The second-order valence-corrected chi connectivity index (χ2v) is 6.78. The van der Waals surface area contributed by atoms with E-state index in [0.717, 1.165) is 5.92 Å². The molecule has 2 unspecified atom stereocenters. The van der Waals surface area contributed by atoms with Gasteiger partial charge in [-0.25, -0.2) is 0 Å². The summed E-state index contributed by atoms with van der Waals surface area (Å²) in [5.74, 6) is 0.806. The number of aromatic nitrogens is 2. The minimum atomic E-state index is 0.339. The molecule has 0 spiro atoms. The predicted octanol–water partition coefficient (Wildman–Crippen LogP) is 3.51. The Morgan fingerprint density at radius 3 is 2.71 bits per heavy atom. The molecule has 0 amide bonds. The maximum absolute atomic E-state index is 4.13. The lowest BCUT2D eigenvalue weighted by Gasteiger charge is -2.54. The first-order valence-corrected chi connectivity index (χ1v) is 6.84. The summed E-state index contributed by atoms with van der Waals surface area (Å²) in [5.41, 5.74) is 3.74. The summed E-state index contributed by atoms with van der Waals surface area (Å²) in [6.45, 7) is 7.36. The zero-order chi connectivity index (χ0) is 12.1. The number of rotatable bonds is 0. The van der Waals surface area contributed by atoms with E-state index in [-0.39, 0.29) is 0 Å². The average molecular weight is 230 g/mol. The van der Waals surface area contributed by atoms with Crippen LogP contribution in [0, 0.1) is 11.3 Å². The van der Waals surface area contributed by atoms with Crippen LogP contribution in [0.15, 0.2) is 12.4 Å². The zero-order valence-corrected chi connectivity index (χ0v) is 11.2. The van der Waals surface area contributed by atoms with Gasteiger partial charge in [0, 0.05) is 0 Å². The van der Waals surface area contributed by atoms with Crippen molar-refractivity contribution < 1.29 is 0 Å². The van der Waals surface area contributed by atoms with Gasteiger partial charge in [0.25, 0.3) is 0 Å². The summed E-state index contributed by atoms with van der Waals surface area (Å²) in [7, 11) is 0. The Balaban J connectivity index is 2.11. The number of hydrogen-bond acceptors (Lipinski definition) is 2. The second-order valence-electron chi connectivity index (χ2n) is 6.78. The Hall–Kier alpha value is -0.920. The molecule has 17 heavy (non-hydrogen) atoms. The summed E-state index contributed by atoms with van der Waals surface area (Å²) in [6.07, 6.45) is 10.6. The van der Waals surface area contributed by atoms with E-state index in [9.17, 15) is 0 Å². The third-order valence-electron chi connectivity index (χ3n) is 5.36. The largest absolute Gasteiger partial charge is 0.159 e. The molecule has 1 saturated carbocycles. The Kier molecular flexibility index (Phi) is 2.33. The number of fused-ring (bicyclic) bond motifs is 3. The van der Waals surface area contributed by atoms with Crippen molar-refractivity contribution in [2.75, 3.05) is 0 Å². The highest BCUT2D eigenvalue weighted by molar-refractivity contribution is 5.34. The lowest BCUT2D eigenvalue weighted by atomic mass is 9.51. The third kappa shape index (κ3) is 1.53. The topological polar surface area (TPSA) is 25.8 Å². The van der Waals surface area contributed by atoms with Gasteiger partial charge in [0.15, 0.2) is 0 Å². The minimum Gasteiger partial charge on any atom is -0.159 e. The molecule has 92 valence electrons. The van der Waals surface area contributed by atoms with Crippen LogP contribution in [0.3, 0.4) is 0 Å². The van der Waals surface area contributed by atoms with Crippen LogP contribution in [0.4, 0.5) is 0 Å². The molecule has 2 atom stereocenters. The molecule has 1 heterocycles. The molecule has 0 saturated heterocycles. The summed E-state index contributed by atoms with van der Waals surface area (Å²) < 4.78 is 0. The van der Waals surface area contributed by atoms with Gasteiger partial charge in [-0.05, 0) is 53.6 Å². The molecular formula is C15H22N2. The molecule has 1 aromatic rings. The lowest BCUT2D eigenvalue weighted by molar-refractivity contribution is 0.0403. The summed E-state index contributed by atoms with van der Waals surface area (Å²) in [4.78, 5) is 0. The van der Waals surface area contributed by atoms with Gasteiger partial charge in [0.1, 0.15) is 0 Å². The van der Waals surface area contributed by atoms with Gasteiger partial charge in [0.05, 0.1) is 12.4 Å². The van der Waals surface area contributed by atoms with Gasteiger partial charge in [-0.2, -0.15) is 10.2 Å². The van der Waals surface area contributed by atoms with Crippen molar-refractivity contribution in [2.24, 2.45) is 11.3 Å². The predicted molar refractivity (Wildman–Crippen MR) is 68.8 cm³/mol. The Bertz CT molecular complexity index is 438. The van der Waals surface area contributed by atoms with Crippen LogP contribution >= 0.6 is 0 Å². The molecule has 2 heteroatoms. The lowest BCUT2D eigenvalue weighted by Crippen LogP contribution is -2.47. The van der Waals surface area contributed by atoms with Crippen molar-refractivity contribution in [1.29, 1.82) is 0 Å². The Morgan fingerprint density at radius 2 is 1.88 bits per heavy atom. The molecule has 3 rings (SSSR count). The molecular weight excluding hydrogens is 208 g/mol. The van der Waals surface area contributed by atoms with Gasteiger partial charge in [-0.1, -0.05) is 27.2 Å². The molecule has 1 aromatic heterocycles. The zero-order valence-electron chi connectivity index (χ0n) is 11.2. The van der Waals surface area contributed by atoms with Crippen molar-refractivity contribution in [1.82, 2.24) is 10.2 Å². The quantitative estimate of drug-likeness (QED) is 0.681. The molecule has 1 fully saturated rings. The van der Waals surface area contributed by atoms with Crippen molar-refractivity contribution in [3.8, 4) is 0 Å². The number of aryl methyl sites for hydroxylation is 1. The molecule has 0 aliphatic heterocycles. The maximum atomic E-state index is 4.13. The normalized spacial score (nSPS) is 34.9. The minimum absolute atomic E-state index is 0.339. The highest BCUT2D eigenvalue weighted by Crippen LogP contribution is 2.56. The van der Waals surface area contributed by atoms with Crippen LogP contribution in [-0.2, 0) is 11.8 Å². The second kappa shape index (κ2) is 3.54. The van der Waals surface area contributed by atoms with E-state index >= 15 is 0 Å². The van der Waals surface area contributed by atoms with E-state index in [2.05, 4.69) is 31.0 Å².